The van der Waals surface area contributed by atoms with Crippen LogP contribution < -0.4 is 5.32 Å². The van der Waals surface area contributed by atoms with Crippen molar-refractivity contribution in [3.63, 3.8) is 0 Å². The quantitative estimate of drug-likeness (QED) is 0.619. The molecule has 1 heterocycles. The summed E-state index contributed by atoms with van der Waals surface area (Å²) in [7, 11) is 0. The van der Waals surface area contributed by atoms with Crippen LogP contribution in [-0.2, 0) is 11.3 Å². The van der Waals surface area contributed by atoms with Gasteiger partial charge in [0.2, 0.25) is 5.91 Å². The number of amides is 1. The summed E-state index contributed by atoms with van der Waals surface area (Å²) < 4.78 is 1.84. The zero-order valence-electron chi connectivity index (χ0n) is 15.1. The summed E-state index contributed by atoms with van der Waals surface area (Å²) in [5, 5.41) is 7.49. The third-order valence-corrected chi connectivity index (χ3v) is 4.98. The lowest BCUT2D eigenvalue weighted by Crippen LogP contribution is -2.16. The number of anilines is 1. The van der Waals surface area contributed by atoms with Crippen LogP contribution in [-0.4, -0.2) is 21.4 Å². The first-order valence-electron chi connectivity index (χ1n) is 8.68. The molecule has 0 aliphatic rings. The summed E-state index contributed by atoms with van der Waals surface area (Å²) >= 11 is 1.70. The van der Waals surface area contributed by atoms with Gasteiger partial charge in [-0.15, -0.1) is 11.8 Å². The molecule has 0 fully saturated rings. The predicted molar refractivity (Wildman–Crippen MR) is 108 cm³/mol. The Kier molecular flexibility index (Phi) is 6.12. The van der Waals surface area contributed by atoms with Gasteiger partial charge < -0.3 is 5.32 Å². The Bertz CT molecular complexity index is 857. The fourth-order valence-electron chi connectivity index (χ4n) is 2.62. The average Bonchev–Trinajstić information content (AvgIpc) is 2.96. The molecule has 0 unspecified atom stereocenters. The first-order valence-corrected chi connectivity index (χ1v) is 9.66. The molecule has 0 atom stereocenters. The molecule has 0 spiro atoms. The Hall–Kier alpha value is -2.53. The van der Waals surface area contributed by atoms with Crippen LogP contribution in [0.5, 0.6) is 0 Å². The van der Waals surface area contributed by atoms with Crippen molar-refractivity contribution in [2.24, 2.45) is 0 Å². The lowest BCUT2D eigenvalue weighted by Gasteiger charge is -2.09. The molecule has 1 amide bonds. The van der Waals surface area contributed by atoms with Gasteiger partial charge in [-0.3, -0.25) is 4.79 Å². The minimum Gasteiger partial charge on any atom is -0.311 e. The van der Waals surface area contributed by atoms with Crippen molar-refractivity contribution in [1.29, 1.82) is 0 Å². The molecule has 0 aliphatic heterocycles. The number of hydrogen-bond donors (Lipinski definition) is 1. The first-order chi connectivity index (χ1) is 12.6. The highest BCUT2D eigenvalue weighted by Crippen LogP contribution is 2.20. The Morgan fingerprint density at radius 1 is 1.08 bits per heavy atom. The Morgan fingerprint density at radius 2 is 1.81 bits per heavy atom. The Labute approximate surface area is 158 Å². The van der Waals surface area contributed by atoms with Gasteiger partial charge in [-0.2, -0.15) is 5.10 Å². The van der Waals surface area contributed by atoms with Gasteiger partial charge in [-0.1, -0.05) is 48.0 Å². The van der Waals surface area contributed by atoms with Crippen molar-refractivity contribution >= 4 is 23.5 Å². The number of carbonyl (C=O) groups excluding carboxylic acids is 1. The second kappa shape index (κ2) is 8.72. The third-order valence-electron chi connectivity index (χ3n) is 3.96. The molecular formula is C21H23N3OS. The fourth-order valence-corrected chi connectivity index (χ4v) is 3.48. The maximum Gasteiger partial charge on any atom is 0.226 e. The molecule has 5 heteroatoms. The second-order valence-electron chi connectivity index (χ2n) is 6.27. The maximum atomic E-state index is 12.3. The van der Waals surface area contributed by atoms with Crippen molar-refractivity contribution in [3.05, 3.63) is 77.5 Å². The summed E-state index contributed by atoms with van der Waals surface area (Å²) in [6, 6.07) is 20.4. The lowest BCUT2D eigenvalue weighted by atomic mass is 10.2. The van der Waals surface area contributed by atoms with E-state index in [2.05, 4.69) is 53.7 Å². The molecule has 0 radical (unpaired) electrons. The van der Waals surface area contributed by atoms with Gasteiger partial charge in [0.15, 0.2) is 0 Å². The van der Waals surface area contributed by atoms with Gasteiger partial charge in [0.25, 0.3) is 0 Å². The number of nitrogens with one attached hydrogen (secondary N) is 1. The highest BCUT2D eigenvalue weighted by molar-refractivity contribution is 7.99. The number of aromatic nitrogens is 2. The van der Waals surface area contributed by atoms with Gasteiger partial charge in [-0.25, -0.2) is 4.68 Å². The largest absolute Gasteiger partial charge is 0.311 e. The monoisotopic (exact) mass is 365 g/mol. The van der Waals surface area contributed by atoms with E-state index in [0.29, 0.717) is 13.0 Å². The van der Waals surface area contributed by atoms with Gasteiger partial charge in [0.1, 0.15) is 5.82 Å². The zero-order valence-corrected chi connectivity index (χ0v) is 15.9. The summed E-state index contributed by atoms with van der Waals surface area (Å²) in [6.07, 6.45) is 0.466. The van der Waals surface area contributed by atoms with E-state index in [1.807, 2.05) is 35.9 Å². The molecule has 3 aromatic rings. The number of rotatable bonds is 7. The van der Waals surface area contributed by atoms with E-state index >= 15 is 0 Å². The Morgan fingerprint density at radius 3 is 2.54 bits per heavy atom. The molecule has 2 aromatic carbocycles. The predicted octanol–water partition coefficient (Wildman–Crippen LogP) is 4.67. The summed E-state index contributed by atoms with van der Waals surface area (Å²) in [4.78, 5) is 13.5. The maximum absolute atomic E-state index is 12.3. The Balaban J connectivity index is 1.54. The van der Waals surface area contributed by atoms with Gasteiger partial charge in [0, 0.05) is 23.1 Å². The van der Waals surface area contributed by atoms with Crippen molar-refractivity contribution in [3.8, 4) is 0 Å². The van der Waals surface area contributed by atoms with Crippen LogP contribution in [0.15, 0.2) is 65.6 Å². The number of nitrogens with zero attached hydrogens (tertiary/aromatic N) is 2. The normalized spacial score (nSPS) is 10.7. The van der Waals surface area contributed by atoms with E-state index in [-0.39, 0.29) is 5.91 Å². The van der Waals surface area contributed by atoms with E-state index in [4.69, 9.17) is 0 Å². The first kappa shape index (κ1) is 18.3. The molecule has 1 aromatic heterocycles. The highest BCUT2D eigenvalue weighted by atomic mass is 32.2. The molecule has 1 N–H and O–H groups in total. The number of carbonyl (C=O) groups is 1. The van der Waals surface area contributed by atoms with Crippen LogP contribution in [0.3, 0.4) is 0 Å². The molecule has 0 aliphatic carbocycles. The van der Waals surface area contributed by atoms with Gasteiger partial charge >= 0.3 is 0 Å². The standard InChI is InChI=1S/C21H23N3OS/c1-16-8-10-19(11-9-16)26-13-12-21(25)22-20-14-17(2)23-24(20)15-18-6-4-3-5-7-18/h3-11,14H,12-13,15H2,1-2H3,(H,22,25). The summed E-state index contributed by atoms with van der Waals surface area (Å²) in [6.45, 7) is 4.65. The number of aryl methyl sites for hydroxylation is 2. The summed E-state index contributed by atoms with van der Waals surface area (Å²) in [5.74, 6) is 1.51. The SMILES string of the molecule is Cc1ccc(SCCC(=O)Nc2cc(C)nn2Cc2ccccc2)cc1. The topological polar surface area (TPSA) is 46.9 Å². The van der Waals surface area contributed by atoms with Crippen LogP contribution in [0.2, 0.25) is 0 Å². The van der Waals surface area contributed by atoms with E-state index < -0.39 is 0 Å². The molecule has 134 valence electrons. The van der Waals surface area contributed by atoms with Gasteiger partial charge in [0.05, 0.1) is 12.2 Å². The fraction of sp³-hybridized carbons (Fsp3) is 0.238. The van der Waals surface area contributed by atoms with Crippen molar-refractivity contribution in [2.75, 3.05) is 11.1 Å². The molecule has 4 nitrogen and oxygen atoms in total. The van der Waals surface area contributed by atoms with E-state index in [1.54, 1.807) is 11.8 Å². The number of thioether (sulfide) groups is 1. The molecule has 0 saturated carbocycles. The smallest absolute Gasteiger partial charge is 0.226 e. The van der Waals surface area contributed by atoms with Crippen LogP contribution in [0.25, 0.3) is 0 Å². The molecule has 26 heavy (non-hydrogen) atoms. The van der Waals surface area contributed by atoms with Crippen molar-refractivity contribution < 1.29 is 4.79 Å². The van der Waals surface area contributed by atoms with Crippen molar-refractivity contribution in [2.45, 2.75) is 31.7 Å². The van der Waals surface area contributed by atoms with Crippen LogP contribution >= 0.6 is 11.8 Å². The van der Waals surface area contributed by atoms with Crippen molar-refractivity contribution in [1.82, 2.24) is 9.78 Å². The van der Waals surface area contributed by atoms with E-state index in [0.717, 1.165) is 22.8 Å². The average molecular weight is 366 g/mol. The summed E-state index contributed by atoms with van der Waals surface area (Å²) in [5.41, 5.74) is 3.29. The third kappa shape index (κ3) is 5.23. The lowest BCUT2D eigenvalue weighted by molar-refractivity contribution is -0.115. The van der Waals surface area contributed by atoms with Gasteiger partial charge in [-0.05, 0) is 31.5 Å². The van der Waals surface area contributed by atoms with E-state index in [1.165, 1.54) is 10.5 Å². The molecule has 3 rings (SSSR count). The number of benzene rings is 2. The second-order valence-corrected chi connectivity index (χ2v) is 7.44. The zero-order chi connectivity index (χ0) is 18.4. The minimum atomic E-state index is 0.0128. The molecule has 0 bridgehead atoms. The van der Waals surface area contributed by atoms with Crippen LogP contribution in [0.4, 0.5) is 5.82 Å². The van der Waals surface area contributed by atoms with E-state index in [9.17, 15) is 4.79 Å². The highest BCUT2D eigenvalue weighted by Gasteiger charge is 2.10. The van der Waals surface area contributed by atoms with Crippen LogP contribution in [0.1, 0.15) is 23.2 Å². The minimum absolute atomic E-state index is 0.0128. The van der Waals surface area contributed by atoms with Crippen LogP contribution in [0, 0.1) is 13.8 Å². The number of hydrogen-bond acceptors (Lipinski definition) is 3. The molecular weight excluding hydrogens is 342 g/mol. The molecule has 0 saturated heterocycles.